The van der Waals surface area contributed by atoms with E-state index in [-0.39, 0.29) is 34.4 Å². The first kappa shape index (κ1) is 23.5. The molecule has 1 atom stereocenters. The van der Waals surface area contributed by atoms with Crippen LogP contribution in [0.25, 0.3) is 28.3 Å². The fraction of sp³-hybridized carbons (Fsp3) is 0.231. The number of aliphatic hydroxyl groups excluding tert-OH is 1. The summed E-state index contributed by atoms with van der Waals surface area (Å²) in [7, 11) is 0. The summed E-state index contributed by atoms with van der Waals surface area (Å²) < 4.78 is 49.2. The van der Waals surface area contributed by atoms with Crippen LogP contribution in [0.2, 0.25) is 0 Å². The van der Waals surface area contributed by atoms with E-state index < -0.39 is 23.6 Å². The number of benzene rings is 2. The normalized spacial score (nSPS) is 12.4. The molecule has 0 aliphatic carbocycles. The molecular formula is C26H23F3N2O3. The van der Waals surface area contributed by atoms with E-state index >= 15 is 0 Å². The standard InChI is InChI=1S/C26H23F3N2O3/c1-13(2)24(33)26-30-22(25(34-26)19-7-6-17(27)11-20(19)29)16-5-8-21(32)31(12-16)23-14(3)9-18(28)10-15(23)4/h5-13,24,33H,1-4H3. The summed E-state index contributed by atoms with van der Waals surface area (Å²) in [5.41, 5.74) is 1.78. The van der Waals surface area contributed by atoms with Gasteiger partial charge in [0, 0.05) is 23.9 Å². The molecular weight excluding hydrogens is 445 g/mol. The molecule has 1 unspecified atom stereocenters. The van der Waals surface area contributed by atoms with Crippen LogP contribution in [-0.2, 0) is 0 Å². The third kappa shape index (κ3) is 4.28. The maximum Gasteiger partial charge on any atom is 0.255 e. The Balaban J connectivity index is 1.96. The van der Waals surface area contributed by atoms with Crippen molar-refractivity contribution in [3.63, 3.8) is 0 Å². The van der Waals surface area contributed by atoms with E-state index in [2.05, 4.69) is 4.98 Å². The van der Waals surface area contributed by atoms with Crippen LogP contribution in [0.5, 0.6) is 0 Å². The molecule has 0 saturated carbocycles. The number of aryl methyl sites for hydroxylation is 2. The Morgan fingerprint density at radius 1 is 0.971 bits per heavy atom. The van der Waals surface area contributed by atoms with Crippen LogP contribution in [0.3, 0.4) is 0 Å². The number of halogens is 3. The monoisotopic (exact) mass is 468 g/mol. The summed E-state index contributed by atoms with van der Waals surface area (Å²) in [6, 6.07) is 8.52. The highest BCUT2D eigenvalue weighted by molar-refractivity contribution is 5.77. The van der Waals surface area contributed by atoms with Gasteiger partial charge >= 0.3 is 0 Å². The molecule has 0 radical (unpaired) electrons. The molecule has 4 aromatic rings. The second kappa shape index (κ2) is 8.95. The zero-order valence-electron chi connectivity index (χ0n) is 19.1. The lowest BCUT2D eigenvalue weighted by atomic mass is 10.1. The smallest absolute Gasteiger partial charge is 0.255 e. The van der Waals surface area contributed by atoms with Gasteiger partial charge in [-0.05, 0) is 61.2 Å². The van der Waals surface area contributed by atoms with Crippen molar-refractivity contribution in [3.05, 3.63) is 93.5 Å². The Morgan fingerprint density at radius 3 is 2.26 bits per heavy atom. The molecule has 2 heterocycles. The number of rotatable bonds is 5. The van der Waals surface area contributed by atoms with Crippen molar-refractivity contribution in [1.29, 1.82) is 0 Å². The lowest BCUT2D eigenvalue weighted by Gasteiger charge is -2.14. The van der Waals surface area contributed by atoms with Crippen molar-refractivity contribution >= 4 is 0 Å². The van der Waals surface area contributed by atoms with Gasteiger partial charge in [-0.25, -0.2) is 18.2 Å². The predicted molar refractivity (Wildman–Crippen MR) is 122 cm³/mol. The van der Waals surface area contributed by atoms with Crippen molar-refractivity contribution in [2.24, 2.45) is 5.92 Å². The number of pyridine rings is 1. The highest BCUT2D eigenvalue weighted by Gasteiger charge is 2.26. The van der Waals surface area contributed by atoms with Gasteiger partial charge in [-0.2, -0.15) is 0 Å². The number of nitrogens with zero attached hydrogens (tertiary/aromatic N) is 2. The predicted octanol–water partition coefficient (Wildman–Crippen LogP) is 5.88. The second-order valence-corrected chi connectivity index (χ2v) is 8.56. The molecule has 1 N–H and O–H groups in total. The van der Waals surface area contributed by atoms with Gasteiger partial charge < -0.3 is 9.52 Å². The minimum absolute atomic E-state index is 0.00931. The number of hydrogen-bond acceptors (Lipinski definition) is 4. The first-order valence-electron chi connectivity index (χ1n) is 10.7. The molecule has 2 aromatic carbocycles. The van der Waals surface area contributed by atoms with Gasteiger partial charge in [-0.3, -0.25) is 9.36 Å². The lowest BCUT2D eigenvalue weighted by molar-refractivity contribution is 0.0976. The van der Waals surface area contributed by atoms with Gasteiger partial charge in [0.05, 0.1) is 11.3 Å². The average Bonchev–Trinajstić information content (AvgIpc) is 3.18. The number of aromatic nitrogens is 2. The van der Waals surface area contributed by atoms with Crippen molar-refractivity contribution < 1.29 is 22.7 Å². The van der Waals surface area contributed by atoms with Crippen molar-refractivity contribution in [3.8, 4) is 28.3 Å². The molecule has 2 aromatic heterocycles. The molecule has 0 spiro atoms. The van der Waals surface area contributed by atoms with Crippen LogP contribution in [-0.4, -0.2) is 14.7 Å². The summed E-state index contributed by atoms with van der Waals surface area (Å²) in [6.45, 7) is 6.92. The summed E-state index contributed by atoms with van der Waals surface area (Å²) >= 11 is 0. The molecule has 0 aliphatic rings. The fourth-order valence-electron chi connectivity index (χ4n) is 3.89. The van der Waals surface area contributed by atoms with Gasteiger partial charge in [-0.15, -0.1) is 0 Å². The van der Waals surface area contributed by atoms with Gasteiger partial charge in [0.15, 0.2) is 5.76 Å². The minimum Gasteiger partial charge on any atom is -0.437 e. The van der Waals surface area contributed by atoms with Gasteiger partial charge in [0.25, 0.3) is 5.56 Å². The van der Waals surface area contributed by atoms with E-state index in [9.17, 15) is 23.1 Å². The maximum atomic E-state index is 14.7. The first-order valence-corrected chi connectivity index (χ1v) is 10.7. The molecule has 0 fully saturated rings. The van der Waals surface area contributed by atoms with Crippen LogP contribution in [0.15, 0.2) is 57.9 Å². The third-order valence-corrected chi connectivity index (χ3v) is 5.59. The number of aliphatic hydroxyl groups is 1. The van der Waals surface area contributed by atoms with Crippen molar-refractivity contribution in [2.75, 3.05) is 0 Å². The number of hydrogen-bond donors (Lipinski definition) is 1. The van der Waals surface area contributed by atoms with Crippen molar-refractivity contribution in [1.82, 2.24) is 9.55 Å². The van der Waals surface area contributed by atoms with Crippen molar-refractivity contribution in [2.45, 2.75) is 33.8 Å². The summed E-state index contributed by atoms with van der Waals surface area (Å²) in [6.07, 6.45) is 0.438. The quantitative estimate of drug-likeness (QED) is 0.397. The van der Waals surface area contributed by atoms with Gasteiger partial charge in [0.1, 0.15) is 29.2 Å². The maximum absolute atomic E-state index is 14.7. The Morgan fingerprint density at radius 2 is 1.65 bits per heavy atom. The van der Waals surface area contributed by atoms with E-state index in [1.54, 1.807) is 27.7 Å². The number of oxazole rings is 1. The third-order valence-electron chi connectivity index (χ3n) is 5.59. The van der Waals surface area contributed by atoms with E-state index in [0.29, 0.717) is 22.4 Å². The topological polar surface area (TPSA) is 68.3 Å². The van der Waals surface area contributed by atoms with Crippen LogP contribution in [0.4, 0.5) is 13.2 Å². The minimum atomic E-state index is -1.07. The van der Waals surface area contributed by atoms with E-state index in [1.165, 1.54) is 41.1 Å². The van der Waals surface area contributed by atoms with Gasteiger partial charge in [0.2, 0.25) is 5.89 Å². The summed E-state index contributed by atoms with van der Waals surface area (Å²) in [5.74, 6) is -2.31. The zero-order chi connectivity index (χ0) is 24.7. The fourth-order valence-corrected chi connectivity index (χ4v) is 3.89. The Hall–Kier alpha value is -3.65. The molecule has 5 nitrogen and oxygen atoms in total. The summed E-state index contributed by atoms with van der Waals surface area (Å²) in [5, 5.41) is 10.5. The largest absolute Gasteiger partial charge is 0.437 e. The molecule has 0 aliphatic heterocycles. The van der Waals surface area contributed by atoms with E-state index in [1.807, 2.05) is 0 Å². The average molecular weight is 468 g/mol. The van der Waals surface area contributed by atoms with Gasteiger partial charge in [-0.1, -0.05) is 13.8 Å². The van der Waals surface area contributed by atoms with Crippen LogP contribution >= 0.6 is 0 Å². The molecule has 0 saturated heterocycles. The van der Waals surface area contributed by atoms with Crippen LogP contribution < -0.4 is 5.56 Å². The second-order valence-electron chi connectivity index (χ2n) is 8.56. The Kier molecular flexibility index (Phi) is 6.18. The molecule has 8 heteroatoms. The first-order chi connectivity index (χ1) is 16.1. The van der Waals surface area contributed by atoms with E-state index in [0.717, 1.165) is 12.1 Å². The zero-order valence-corrected chi connectivity index (χ0v) is 19.1. The molecule has 4 rings (SSSR count). The Bertz CT molecular complexity index is 1420. The highest BCUT2D eigenvalue weighted by atomic mass is 19.1. The Labute approximate surface area is 194 Å². The highest BCUT2D eigenvalue weighted by Crippen LogP contribution is 2.37. The molecule has 0 amide bonds. The molecule has 0 bridgehead atoms. The summed E-state index contributed by atoms with van der Waals surface area (Å²) in [4.78, 5) is 17.1. The van der Waals surface area contributed by atoms with Crippen LogP contribution in [0, 0.1) is 37.2 Å². The molecule has 34 heavy (non-hydrogen) atoms. The van der Waals surface area contributed by atoms with E-state index in [4.69, 9.17) is 4.42 Å². The molecule has 176 valence electrons. The van der Waals surface area contributed by atoms with Crippen LogP contribution in [0.1, 0.15) is 37.0 Å². The lowest BCUT2D eigenvalue weighted by Crippen LogP contribution is -2.18. The SMILES string of the molecule is Cc1cc(F)cc(C)c1-n1cc(-c2nc(C(O)C(C)C)oc2-c2ccc(F)cc2F)ccc1=O.